The molecule has 0 saturated carbocycles. The van der Waals surface area contributed by atoms with Gasteiger partial charge in [0.25, 0.3) is 5.91 Å². The zero-order chi connectivity index (χ0) is 17.9. The van der Waals surface area contributed by atoms with E-state index in [-0.39, 0.29) is 24.3 Å². The number of thiophene rings is 1. The highest BCUT2D eigenvalue weighted by Gasteiger charge is 2.07. The quantitative estimate of drug-likeness (QED) is 0.640. The van der Waals surface area contributed by atoms with Gasteiger partial charge in [0.1, 0.15) is 0 Å². The predicted molar refractivity (Wildman–Crippen MR) is 99.7 cm³/mol. The highest BCUT2D eigenvalue weighted by molar-refractivity contribution is 7.12. The van der Waals surface area contributed by atoms with Gasteiger partial charge in [-0.2, -0.15) is 0 Å². The largest absolute Gasteiger partial charge is 0.374 e. The van der Waals surface area contributed by atoms with Crippen LogP contribution in [0.25, 0.3) is 0 Å². The van der Waals surface area contributed by atoms with Gasteiger partial charge in [0.05, 0.1) is 11.0 Å². The number of ether oxygens (including phenoxy) is 1. The Morgan fingerprint density at radius 2 is 1.88 bits per heavy atom. The Bertz CT molecular complexity index is 644. The molecule has 2 aromatic rings. The molecule has 2 amide bonds. The highest BCUT2D eigenvalue weighted by atomic mass is 32.1. The second-order valence-corrected chi connectivity index (χ2v) is 6.56. The van der Waals surface area contributed by atoms with Gasteiger partial charge in [-0.05, 0) is 30.4 Å². The number of benzene rings is 1. The summed E-state index contributed by atoms with van der Waals surface area (Å²) in [6, 6.07) is 13.6. The van der Waals surface area contributed by atoms with Gasteiger partial charge >= 0.3 is 0 Å². The standard InChI is InChI=1S/C19H24N2O3S/c1-15(16-7-3-2-4-8-16)24-13-6-11-20-18(22)10-12-21-19(23)17-9-5-14-25-17/h2-5,7-9,14-15H,6,10-13H2,1H3,(H,20,22)(H,21,23). The van der Waals surface area contributed by atoms with Crippen LogP contribution in [0, 0.1) is 0 Å². The first kappa shape index (κ1) is 19.1. The molecule has 1 unspecified atom stereocenters. The molecule has 0 spiro atoms. The third kappa shape index (κ3) is 7.07. The van der Waals surface area contributed by atoms with Crippen molar-refractivity contribution < 1.29 is 14.3 Å². The molecule has 0 saturated heterocycles. The lowest BCUT2D eigenvalue weighted by Gasteiger charge is -2.13. The molecule has 1 heterocycles. The van der Waals surface area contributed by atoms with Crippen molar-refractivity contribution in [1.29, 1.82) is 0 Å². The fourth-order valence-corrected chi connectivity index (χ4v) is 2.89. The molecule has 2 rings (SSSR count). The van der Waals surface area contributed by atoms with Crippen LogP contribution in [-0.4, -0.2) is 31.5 Å². The first-order chi connectivity index (χ1) is 12.2. The smallest absolute Gasteiger partial charge is 0.261 e. The molecule has 0 aliphatic rings. The van der Waals surface area contributed by atoms with Gasteiger partial charge in [-0.25, -0.2) is 0 Å². The number of nitrogens with one attached hydrogen (secondary N) is 2. The van der Waals surface area contributed by atoms with E-state index in [1.807, 2.05) is 48.7 Å². The Kier molecular flexibility index (Phi) is 8.15. The van der Waals surface area contributed by atoms with E-state index in [0.29, 0.717) is 24.6 Å². The Morgan fingerprint density at radius 1 is 1.08 bits per heavy atom. The van der Waals surface area contributed by atoms with Gasteiger partial charge in [-0.15, -0.1) is 11.3 Å². The molecule has 0 radical (unpaired) electrons. The van der Waals surface area contributed by atoms with Crippen LogP contribution < -0.4 is 10.6 Å². The summed E-state index contributed by atoms with van der Waals surface area (Å²) in [7, 11) is 0. The molecule has 0 aliphatic carbocycles. The van der Waals surface area contributed by atoms with Gasteiger partial charge in [0.2, 0.25) is 5.91 Å². The fourth-order valence-electron chi connectivity index (χ4n) is 2.25. The maximum Gasteiger partial charge on any atom is 0.261 e. The van der Waals surface area contributed by atoms with Crippen LogP contribution in [0.5, 0.6) is 0 Å². The zero-order valence-electron chi connectivity index (χ0n) is 14.4. The lowest BCUT2D eigenvalue weighted by molar-refractivity contribution is -0.121. The van der Waals surface area contributed by atoms with Crippen LogP contribution in [0.1, 0.15) is 41.1 Å². The highest BCUT2D eigenvalue weighted by Crippen LogP contribution is 2.15. The number of carbonyl (C=O) groups excluding carboxylic acids is 2. The Hall–Kier alpha value is -2.18. The summed E-state index contributed by atoms with van der Waals surface area (Å²) in [4.78, 5) is 24.1. The van der Waals surface area contributed by atoms with Crippen molar-refractivity contribution in [3.05, 3.63) is 58.3 Å². The van der Waals surface area contributed by atoms with Crippen LogP contribution in [-0.2, 0) is 9.53 Å². The lowest BCUT2D eigenvalue weighted by atomic mass is 10.1. The minimum Gasteiger partial charge on any atom is -0.374 e. The SMILES string of the molecule is CC(OCCCNC(=O)CCNC(=O)c1cccs1)c1ccccc1. The topological polar surface area (TPSA) is 67.4 Å². The van der Waals surface area contributed by atoms with Crippen molar-refractivity contribution >= 4 is 23.2 Å². The molecule has 25 heavy (non-hydrogen) atoms. The predicted octanol–water partition coefficient (Wildman–Crippen LogP) is 3.15. The first-order valence-corrected chi connectivity index (χ1v) is 9.29. The van der Waals surface area contributed by atoms with Crippen molar-refractivity contribution in [1.82, 2.24) is 10.6 Å². The molecular weight excluding hydrogens is 336 g/mol. The van der Waals surface area contributed by atoms with E-state index in [2.05, 4.69) is 10.6 Å². The van der Waals surface area contributed by atoms with Gasteiger partial charge in [0.15, 0.2) is 0 Å². The molecule has 5 nitrogen and oxygen atoms in total. The van der Waals surface area contributed by atoms with Crippen molar-refractivity contribution in [2.75, 3.05) is 19.7 Å². The van der Waals surface area contributed by atoms with Crippen molar-refractivity contribution in [2.45, 2.75) is 25.9 Å². The monoisotopic (exact) mass is 360 g/mol. The van der Waals surface area contributed by atoms with E-state index >= 15 is 0 Å². The van der Waals surface area contributed by atoms with Crippen LogP contribution in [0.4, 0.5) is 0 Å². The lowest BCUT2D eigenvalue weighted by Crippen LogP contribution is -2.31. The van der Waals surface area contributed by atoms with E-state index in [4.69, 9.17) is 4.74 Å². The molecule has 1 atom stereocenters. The van der Waals surface area contributed by atoms with E-state index in [1.54, 1.807) is 6.07 Å². The summed E-state index contributed by atoms with van der Waals surface area (Å²) in [5, 5.41) is 7.42. The van der Waals surface area contributed by atoms with Crippen molar-refractivity contribution in [3.63, 3.8) is 0 Å². The van der Waals surface area contributed by atoms with E-state index in [0.717, 1.165) is 12.0 Å². The van der Waals surface area contributed by atoms with Crippen LogP contribution in [0.3, 0.4) is 0 Å². The molecule has 134 valence electrons. The summed E-state index contributed by atoms with van der Waals surface area (Å²) in [5.74, 6) is -0.200. The van der Waals surface area contributed by atoms with Gasteiger partial charge in [-0.3, -0.25) is 9.59 Å². The maximum absolute atomic E-state index is 11.7. The summed E-state index contributed by atoms with van der Waals surface area (Å²) in [6.07, 6.45) is 1.08. The molecule has 0 bridgehead atoms. The third-order valence-electron chi connectivity index (χ3n) is 3.66. The van der Waals surface area contributed by atoms with Crippen molar-refractivity contribution in [2.24, 2.45) is 0 Å². The maximum atomic E-state index is 11.7. The Labute approximate surface area is 152 Å². The second kappa shape index (κ2) is 10.6. The number of hydrogen-bond acceptors (Lipinski definition) is 4. The van der Waals surface area contributed by atoms with Crippen LogP contribution in [0.2, 0.25) is 0 Å². The zero-order valence-corrected chi connectivity index (χ0v) is 15.2. The molecule has 0 aliphatic heterocycles. The third-order valence-corrected chi connectivity index (χ3v) is 4.53. The molecule has 1 aromatic carbocycles. The summed E-state index contributed by atoms with van der Waals surface area (Å²) >= 11 is 1.38. The molecule has 6 heteroatoms. The minimum atomic E-state index is -0.133. The average molecular weight is 360 g/mol. The number of amides is 2. The Morgan fingerprint density at radius 3 is 2.60 bits per heavy atom. The van der Waals surface area contributed by atoms with Crippen LogP contribution >= 0.6 is 11.3 Å². The van der Waals surface area contributed by atoms with E-state index in [1.165, 1.54) is 11.3 Å². The summed E-state index contributed by atoms with van der Waals surface area (Å²) in [5.41, 5.74) is 1.15. The van der Waals surface area contributed by atoms with Gasteiger partial charge < -0.3 is 15.4 Å². The van der Waals surface area contributed by atoms with Gasteiger partial charge in [0, 0.05) is 26.1 Å². The van der Waals surface area contributed by atoms with Gasteiger partial charge in [-0.1, -0.05) is 36.4 Å². The van der Waals surface area contributed by atoms with E-state index in [9.17, 15) is 9.59 Å². The number of hydrogen-bond donors (Lipinski definition) is 2. The average Bonchev–Trinajstić information content (AvgIpc) is 3.16. The molecule has 1 aromatic heterocycles. The second-order valence-electron chi connectivity index (χ2n) is 5.61. The summed E-state index contributed by atoms with van der Waals surface area (Å²) < 4.78 is 5.76. The van der Waals surface area contributed by atoms with Crippen molar-refractivity contribution in [3.8, 4) is 0 Å². The number of carbonyl (C=O) groups is 2. The molecule has 2 N–H and O–H groups in total. The minimum absolute atomic E-state index is 0.0457. The molecule has 0 fully saturated rings. The van der Waals surface area contributed by atoms with Crippen LogP contribution in [0.15, 0.2) is 47.8 Å². The first-order valence-electron chi connectivity index (χ1n) is 8.42. The number of rotatable bonds is 10. The Balaban J connectivity index is 1.50. The fraction of sp³-hybridized carbons (Fsp3) is 0.368. The van der Waals surface area contributed by atoms with E-state index < -0.39 is 0 Å². The summed E-state index contributed by atoms with van der Waals surface area (Å²) in [6.45, 7) is 3.51. The normalized spacial score (nSPS) is 11.7. The molecular formula is C19H24N2O3S.